The fraction of sp³-hybridized carbons (Fsp3) is 0.385. The molecule has 0 aliphatic rings. The average Bonchev–Trinajstić information content (AvgIpc) is 2.73. The zero-order valence-corrected chi connectivity index (χ0v) is 10.6. The van der Waals surface area contributed by atoms with Gasteiger partial charge in [-0.1, -0.05) is 30.3 Å². The highest BCUT2D eigenvalue weighted by atomic mass is 15.4. The third kappa shape index (κ3) is 2.46. The predicted octanol–water partition coefficient (Wildman–Crippen LogP) is 2.30. The zero-order chi connectivity index (χ0) is 12.3. The molecular formula is C13H18N4. The summed E-state index contributed by atoms with van der Waals surface area (Å²) in [5.74, 6) is 0. The topological polar surface area (TPSA) is 42.7 Å². The normalized spacial score (nSPS) is 10.5. The van der Waals surface area contributed by atoms with E-state index in [0.717, 1.165) is 18.7 Å². The summed E-state index contributed by atoms with van der Waals surface area (Å²) in [7, 11) is 1.91. The van der Waals surface area contributed by atoms with Crippen molar-refractivity contribution >= 4 is 5.69 Å². The lowest BCUT2D eigenvalue weighted by atomic mass is 10.1. The molecule has 4 heteroatoms. The Morgan fingerprint density at radius 1 is 1.35 bits per heavy atom. The van der Waals surface area contributed by atoms with Crippen molar-refractivity contribution in [1.82, 2.24) is 15.0 Å². The van der Waals surface area contributed by atoms with Crippen molar-refractivity contribution in [3.05, 3.63) is 41.2 Å². The Hall–Kier alpha value is -1.84. The fourth-order valence-corrected chi connectivity index (χ4v) is 1.93. The van der Waals surface area contributed by atoms with Crippen molar-refractivity contribution in [3.63, 3.8) is 0 Å². The van der Waals surface area contributed by atoms with Crippen LogP contribution in [-0.2, 0) is 20.0 Å². The van der Waals surface area contributed by atoms with Gasteiger partial charge in [0.05, 0.1) is 18.4 Å². The van der Waals surface area contributed by atoms with Crippen LogP contribution in [0.1, 0.15) is 23.7 Å². The van der Waals surface area contributed by atoms with E-state index in [4.69, 9.17) is 0 Å². The van der Waals surface area contributed by atoms with Gasteiger partial charge in [-0.05, 0) is 24.5 Å². The second kappa shape index (κ2) is 4.99. The van der Waals surface area contributed by atoms with E-state index in [1.54, 1.807) is 10.9 Å². The molecule has 0 unspecified atom stereocenters. The van der Waals surface area contributed by atoms with Gasteiger partial charge in [-0.2, -0.15) is 0 Å². The summed E-state index contributed by atoms with van der Waals surface area (Å²) in [6.07, 6.45) is 2.82. The van der Waals surface area contributed by atoms with Gasteiger partial charge in [0.1, 0.15) is 0 Å². The molecular weight excluding hydrogens is 212 g/mol. The molecule has 1 heterocycles. The van der Waals surface area contributed by atoms with Crippen molar-refractivity contribution < 1.29 is 0 Å². The Morgan fingerprint density at radius 3 is 2.82 bits per heavy atom. The van der Waals surface area contributed by atoms with Gasteiger partial charge >= 0.3 is 0 Å². The zero-order valence-electron chi connectivity index (χ0n) is 10.6. The molecule has 0 aliphatic carbocycles. The smallest absolute Gasteiger partial charge is 0.0774 e. The summed E-state index contributed by atoms with van der Waals surface area (Å²) < 4.78 is 1.79. The summed E-state index contributed by atoms with van der Waals surface area (Å²) in [5.41, 5.74) is 4.94. The number of hydrogen-bond donors (Lipinski definition) is 1. The lowest BCUT2D eigenvalue weighted by Gasteiger charge is -2.13. The van der Waals surface area contributed by atoms with Gasteiger partial charge in [-0.3, -0.25) is 4.68 Å². The standard InChI is InChI=1S/C13H18N4/c1-4-11-7-5-6-10(2)13(11)14-8-12-9-15-16-17(12)3/h5-7,9,14H,4,8H2,1-3H3. The number of anilines is 1. The molecule has 2 rings (SSSR count). The van der Waals surface area contributed by atoms with Crippen LogP contribution in [0, 0.1) is 6.92 Å². The maximum Gasteiger partial charge on any atom is 0.0774 e. The summed E-state index contributed by atoms with van der Waals surface area (Å²) in [6.45, 7) is 5.05. The Morgan fingerprint density at radius 2 is 2.18 bits per heavy atom. The van der Waals surface area contributed by atoms with Gasteiger partial charge in [0.2, 0.25) is 0 Å². The van der Waals surface area contributed by atoms with Gasteiger partial charge in [0.25, 0.3) is 0 Å². The highest BCUT2D eigenvalue weighted by Gasteiger charge is 2.05. The van der Waals surface area contributed by atoms with E-state index in [0.29, 0.717) is 0 Å². The van der Waals surface area contributed by atoms with Crippen LogP contribution in [0.2, 0.25) is 0 Å². The molecule has 0 saturated heterocycles. The summed E-state index contributed by atoms with van der Waals surface area (Å²) in [4.78, 5) is 0. The van der Waals surface area contributed by atoms with E-state index in [2.05, 4.69) is 47.7 Å². The molecule has 17 heavy (non-hydrogen) atoms. The largest absolute Gasteiger partial charge is 0.379 e. The van der Waals surface area contributed by atoms with Crippen LogP contribution in [-0.4, -0.2) is 15.0 Å². The molecule has 0 aliphatic heterocycles. The minimum Gasteiger partial charge on any atom is -0.379 e. The molecule has 4 nitrogen and oxygen atoms in total. The molecule has 0 bridgehead atoms. The minimum absolute atomic E-state index is 0.751. The highest BCUT2D eigenvalue weighted by molar-refractivity contribution is 5.57. The first-order chi connectivity index (χ1) is 8.22. The van der Waals surface area contributed by atoms with E-state index < -0.39 is 0 Å². The number of aryl methyl sites for hydroxylation is 3. The molecule has 0 atom stereocenters. The molecule has 1 aromatic carbocycles. The monoisotopic (exact) mass is 230 g/mol. The Bertz CT molecular complexity index is 502. The molecule has 0 fully saturated rings. The molecule has 0 spiro atoms. The van der Waals surface area contributed by atoms with E-state index >= 15 is 0 Å². The fourth-order valence-electron chi connectivity index (χ4n) is 1.93. The second-order valence-corrected chi connectivity index (χ2v) is 4.17. The molecule has 1 N–H and O–H groups in total. The van der Waals surface area contributed by atoms with E-state index in [9.17, 15) is 0 Å². The van der Waals surface area contributed by atoms with Gasteiger partial charge in [-0.25, -0.2) is 0 Å². The first-order valence-corrected chi connectivity index (χ1v) is 5.88. The van der Waals surface area contributed by atoms with Crippen LogP contribution in [0.5, 0.6) is 0 Å². The highest BCUT2D eigenvalue weighted by Crippen LogP contribution is 2.21. The van der Waals surface area contributed by atoms with Crippen molar-refractivity contribution in [2.45, 2.75) is 26.8 Å². The van der Waals surface area contributed by atoms with Gasteiger partial charge in [0, 0.05) is 12.7 Å². The second-order valence-electron chi connectivity index (χ2n) is 4.17. The minimum atomic E-state index is 0.751. The van der Waals surface area contributed by atoms with E-state index in [1.807, 2.05) is 7.05 Å². The maximum absolute atomic E-state index is 3.92. The van der Waals surface area contributed by atoms with Crippen molar-refractivity contribution in [2.75, 3.05) is 5.32 Å². The van der Waals surface area contributed by atoms with Crippen LogP contribution in [0.25, 0.3) is 0 Å². The van der Waals surface area contributed by atoms with Crippen molar-refractivity contribution in [1.29, 1.82) is 0 Å². The quantitative estimate of drug-likeness (QED) is 0.876. The first-order valence-electron chi connectivity index (χ1n) is 5.88. The van der Waals surface area contributed by atoms with Gasteiger partial charge < -0.3 is 5.32 Å². The molecule has 0 saturated carbocycles. The Labute approximate surface area is 102 Å². The molecule has 90 valence electrons. The van der Waals surface area contributed by atoms with Crippen LogP contribution in [0.4, 0.5) is 5.69 Å². The Balaban J connectivity index is 2.16. The molecule has 2 aromatic rings. The SMILES string of the molecule is CCc1cccc(C)c1NCc1cnnn1C. The summed E-state index contributed by atoms with van der Waals surface area (Å²) in [6, 6.07) is 6.39. The Kier molecular flexibility index (Phi) is 3.42. The lowest BCUT2D eigenvalue weighted by Crippen LogP contribution is -2.08. The third-order valence-corrected chi connectivity index (χ3v) is 2.99. The van der Waals surface area contributed by atoms with Crippen LogP contribution in [0.15, 0.2) is 24.4 Å². The predicted molar refractivity (Wildman–Crippen MR) is 68.9 cm³/mol. The number of benzene rings is 1. The van der Waals surface area contributed by atoms with Gasteiger partial charge in [-0.15, -0.1) is 5.10 Å². The third-order valence-electron chi connectivity index (χ3n) is 2.99. The average molecular weight is 230 g/mol. The lowest BCUT2D eigenvalue weighted by molar-refractivity contribution is 0.683. The van der Waals surface area contributed by atoms with Crippen LogP contribution in [0.3, 0.4) is 0 Å². The van der Waals surface area contributed by atoms with Crippen molar-refractivity contribution in [3.8, 4) is 0 Å². The summed E-state index contributed by atoms with van der Waals surface area (Å²) in [5, 5.41) is 11.3. The first kappa shape index (κ1) is 11.6. The number of nitrogens with one attached hydrogen (secondary N) is 1. The maximum atomic E-state index is 3.92. The molecule has 0 amide bonds. The number of hydrogen-bond acceptors (Lipinski definition) is 3. The van der Waals surface area contributed by atoms with Gasteiger partial charge in [0.15, 0.2) is 0 Å². The van der Waals surface area contributed by atoms with E-state index in [-0.39, 0.29) is 0 Å². The number of aromatic nitrogens is 3. The number of nitrogens with zero attached hydrogens (tertiary/aromatic N) is 3. The molecule has 1 aromatic heterocycles. The number of rotatable bonds is 4. The number of para-hydroxylation sites is 1. The summed E-state index contributed by atoms with van der Waals surface area (Å²) >= 11 is 0. The van der Waals surface area contributed by atoms with Crippen molar-refractivity contribution in [2.24, 2.45) is 7.05 Å². The van der Waals surface area contributed by atoms with Crippen LogP contribution >= 0.6 is 0 Å². The van der Waals surface area contributed by atoms with E-state index in [1.165, 1.54) is 16.8 Å². The van der Waals surface area contributed by atoms with Crippen LogP contribution < -0.4 is 5.32 Å². The molecule has 0 radical (unpaired) electrons.